The Morgan fingerprint density at radius 1 is 0.308 bits per heavy atom. The van der Waals surface area contributed by atoms with E-state index in [1.165, 1.54) is 231 Å². The summed E-state index contributed by atoms with van der Waals surface area (Å²) in [6.07, 6.45) is 58.1. The molecule has 6 nitrogen and oxygen atoms in total. The first-order valence-corrected chi connectivity index (χ1v) is 29.4. The van der Waals surface area contributed by atoms with Gasteiger partial charge in [0, 0.05) is 19.3 Å². The number of carbonyl (C=O) groups excluding carboxylic acids is 3. The topological polar surface area (TPSA) is 78.9 Å². The number of unbranched alkanes of at least 4 members (excludes halogenated alkanes) is 40. The molecule has 0 bridgehead atoms. The van der Waals surface area contributed by atoms with Crippen molar-refractivity contribution in [2.75, 3.05) is 13.2 Å². The maximum absolute atomic E-state index is 12.9. The van der Waals surface area contributed by atoms with Crippen LogP contribution in [0.2, 0.25) is 0 Å². The minimum atomic E-state index is -0.762. The van der Waals surface area contributed by atoms with Crippen LogP contribution in [0.15, 0.2) is 0 Å². The molecule has 0 aliphatic carbocycles. The molecule has 0 N–H and O–H groups in total. The minimum absolute atomic E-state index is 0.0622. The van der Waals surface area contributed by atoms with Gasteiger partial charge in [0.15, 0.2) is 6.10 Å². The van der Waals surface area contributed by atoms with Crippen LogP contribution in [0.3, 0.4) is 0 Å². The smallest absolute Gasteiger partial charge is 0.306 e. The highest BCUT2D eigenvalue weighted by atomic mass is 16.6. The highest BCUT2D eigenvalue weighted by molar-refractivity contribution is 5.71. The Hall–Kier alpha value is -1.59. The third-order valence-corrected chi connectivity index (χ3v) is 13.9. The molecule has 65 heavy (non-hydrogen) atoms. The molecular weight excluding hydrogens is 805 g/mol. The summed E-state index contributed by atoms with van der Waals surface area (Å²) in [6, 6.07) is 0. The molecule has 0 amide bonds. The molecule has 0 rings (SSSR count). The molecule has 0 aromatic rings. The summed E-state index contributed by atoms with van der Waals surface area (Å²) in [5, 5.41) is 0. The lowest BCUT2D eigenvalue weighted by Crippen LogP contribution is -2.30. The van der Waals surface area contributed by atoms with Gasteiger partial charge in [-0.05, 0) is 25.2 Å². The molecule has 6 heteroatoms. The maximum Gasteiger partial charge on any atom is 0.306 e. The van der Waals surface area contributed by atoms with Crippen molar-refractivity contribution in [3.63, 3.8) is 0 Å². The number of hydrogen-bond donors (Lipinski definition) is 0. The number of rotatable bonds is 54. The molecule has 0 aliphatic heterocycles. The first-order valence-electron chi connectivity index (χ1n) is 29.4. The number of hydrogen-bond acceptors (Lipinski definition) is 6. The molecular formula is C59H114O6. The van der Waals surface area contributed by atoms with Gasteiger partial charge in [-0.15, -0.1) is 0 Å². The summed E-state index contributed by atoms with van der Waals surface area (Å²) >= 11 is 0. The minimum Gasteiger partial charge on any atom is -0.462 e. The van der Waals surface area contributed by atoms with Crippen LogP contribution in [0.1, 0.15) is 336 Å². The van der Waals surface area contributed by atoms with Gasteiger partial charge in [-0.25, -0.2) is 0 Å². The highest BCUT2D eigenvalue weighted by Gasteiger charge is 2.19. The SMILES string of the molecule is CCCCCCCCCCCCCCCCCCCCCC(=O)O[C@H](COC(=O)CCCCCCCCCCCCCCCCCC)COC(=O)CCCCCCCCCCC(C)CC. The van der Waals surface area contributed by atoms with E-state index in [-0.39, 0.29) is 31.1 Å². The molecule has 0 saturated carbocycles. The molecule has 0 saturated heterocycles. The van der Waals surface area contributed by atoms with Crippen molar-refractivity contribution in [2.45, 2.75) is 342 Å². The fourth-order valence-electron chi connectivity index (χ4n) is 9.07. The van der Waals surface area contributed by atoms with Crippen LogP contribution in [0.4, 0.5) is 0 Å². The van der Waals surface area contributed by atoms with Crippen LogP contribution >= 0.6 is 0 Å². The molecule has 0 heterocycles. The van der Waals surface area contributed by atoms with Crippen molar-refractivity contribution in [3.05, 3.63) is 0 Å². The van der Waals surface area contributed by atoms with E-state index in [9.17, 15) is 14.4 Å². The number of esters is 3. The monoisotopic (exact) mass is 919 g/mol. The fraction of sp³-hybridized carbons (Fsp3) is 0.949. The maximum atomic E-state index is 12.9. The van der Waals surface area contributed by atoms with E-state index in [0.717, 1.165) is 63.7 Å². The lowest BCUT2D eigenvalue weighted by molar-refractivity contribution is -0.167. The Labute approximate surface area is 406 Å². The van der Waals surface area contributed by atoms with E-state index < -0.39 is 6.10 Å². The summed E-state index contributed by atoms with van der Waals surface area (Å²) < 4.78 is 16.9. The predicted octanol–water partition coefficient (Wildman–Crippen LogP) is 19.4. The van der Waals surface area contributed by atoms with Gasteiger partial charge in [-0.1, -0.05) is 297 Å². The summed E-state index contributed by atoms with van der Waals surface area (Å²) in [4.78, 5) is 38.1. The van der Waals surface area contributed by atoms with Crippen LogP contribution in [0.5, 0.6) is 0 Å². The third-order valence-electron chi connectivity index (χ3n) is 13.9. The van der Waals surface area contributed by atoms with Crippen molar-refractivity contribution < 1.29 is 28.6 Å². The van der Waals surface area contributed by atoms with Gasteiger partial charge < -0.3 is 14.2 Å². The normalized spacial score (nSPS) is 12.4. The lowest BCUT2D eigenvalue weighted by atomic mass is 9.99. The van der Waals surface area contributed by atoms with Crippen LogP contribution in [0.25, 0.3) is 0 Å². The van der Waals surface area contributed by atoms with E-state index in [1.807, 2.05) is 0 Å². The Balaban J connectivity index is 4.27. The Morgan fingerprint density at radius 2 is 0.538 bits per heavy atom. The van der Waals surface area contributed by atoms with Gasteiger partial charge >= 0.3 is 17.9 Å². The van der Waals surface area contributed by atoms with E-state index in [0.29, 0.717) is 19.3 Å². The molecule has 0 aliphatic rings. The van der Waals surface area contributed by atoms with Gasteiger partial charge in [0.05, 0.1) is 0 Å². The zero-order valence-corrected chi connectivity index (χ0v) is 44.5. The summed E-state index contributed by atoms with van der Waals surface area (Å²) in [7, 11) is 0. The summed E-state index contributed by atoms with van der Waals surface area (Å²) in [5.74, 6) is 0.0111. The molecule has 386 valence electrons. The van der Waals surface area contributed by atoms with Crippen molar-refractivity contribution in [2.24, 2.45) is 5.92 Å². The van der Waals surface area contributed by atoms with Gasteiger partial charge in [0.1, 0.15) is 13.2 Å². The number of ether oxygens (including phenoxy) is 3. The summed E-state index contributed by atoms with van der Waals surface area (Å²) in [6.45, 7) is 9.06. The largest absolute Gasteiger partial charge is 0.462 e. The van der Waals surface area contributed by atoms with Gasteiger partial charge in [0.2, 0.25) is 0 Å². The first-order chi connectivity index (χ1) is 31.9. The highest BCUT2D eigenvalue weighted by Crippen LogP contribution is 2.18. The van der Waals surface area contributed by atoms with Gasteiger partial charge in [0.25, 0.3) is 0 Å². The summed E-state index contributed by atoms with van der Waals surface area (Å²) in [5.41, 5.74) is 0. The third kappa shape index (κ3) is 51.6. The van der Waals surface area contributed by atoms with E-state index in [1.54, 1.807) is 0 Å². The average molecular weight is 920 g/mol. The van der Waals surface area contributed by atoms with Gasteiger partial charge in [-0.2, -0.15) is 0 Å². The van der Waals surface area contributed by atoms with E-state index >= 15 is 0 Å². The molecule has 0 fully saturated rings. The predicted molar refractivity (Wildman–Crippen MR) is 280 cm³/mol. The molecule has 0 aromatic carbocycles. The van der Waals surface area contributed by atoms with E-state index in [2.05, 4.69) is 27.7 Å². The second-order valence-corrected chi connectivity index (χ2v) is 20.5. The zero-order chi connectivity index (χ0) is 47.4. The van der Waals surface area contributed by atoms with Crippen LogP contribution in [-0.4, -0.2) is 37.2 Å². The Morgan fingerprint density at radius 3 is 0.800 bits per heavy atom. The van der Waals surface area contributed by atoms with Crippen LogP contribution in [-0.2, 0) is 28.6 Å². The second-order valence-electron chi connectivity index (χ2n) is 20.5. The van der Waals surface area contributed by atoms with Crippen molar-refractivity contribution in [1.82, 2.24) is 0 Å². The van der Waals surface area contributed by atoms with Gasteiger partial charge in [-0.3, -0.25) is 14.4 Å². The van der Waals surface area contributed by atoms with Crippen molar-refractivity contribution >= 4 is 17.9 Å². The Bertz CT molecular complexity index is 982. The average Bonchev–Trinajstić information content (AvgIpc) is 3.30. The molecule has 1 unspecified atom stereocenters. The fourth-order valence-corrected chi connectivity index (χ4v) is 9.07. The van der Waals surface area contributed by atoms with Crippen molar-refractivity contribution in [3.8, 4) is 0 Å². The molecule has 0 spiro atoms. The van der Waals surface area contributed by atoms with E-state index in [4.69, 9.17) is 14.2 Å². The number of carbonyl (C=O) groups is 3. The standard InChI is InChI=1S/C59H114O6/c1-5-8-10-12-14-16-18-20-22-24-25-26-28-30-32-34-40-44-48-52-59(62)65-56(54-64-58(61)51-47-43-39-36-35-37-41-45-49-55(4)7-3)53-63-57(60)50-46-42-38-33-31-29-27-23-21-19-17-15-13-11-9-6-2/h55-56H,5-54H2,1-4H3/t55?,56-/m1/s1. The first kappa shape index (κ1) is 63.4. The van der Waals surface area contributed by atoms with Crippen LogP contribution in [0, 0.1) is 5.92 Å². The molecule has 0 radical (unpaired) electrons. The second kappa shape index (κ2) is 53.4. The zero-order valence-electron chi connectivity index (χ0n) is 44.5. The van der Waals surface area contributed by atoms with Crippen molar-refractivity contribution in [1.29, 1.82) is 0 Å². The Kier molecular flexibility index (Phi) is 52.1. The van der Waals surface area contributed by atoms with Crippen LogP contribution < -0.4 is 0 Å². The molecule has 0 aromatic heterocycles. The molecule has 2 atom stereocenters. The quantitative estimate of drug-likeness (QED) is 0.0344. The lowest BCUT2D eigenvalue weighted by Gasteiger charge is -2.18.